The van der Waals surface area contributed by atoms with Gasteiger partial charge in [0.2, 0.25) is 0 Å². The van der Waals surface area contributed by atoms with Crippen molar-refractivity contribution in [2.24, 2.45) is 5.92 Å². The highest BCUT2D eigenvalue weighted by Crippen LogP contribution is 2.27. The molecule has 1 unspecified atom stereocenters. The SMILES string of the molecule is O=c1cc2n(c(=O)[nH]1)CC1CCCN2C1. The maximum absolute atomic E-state index is 11.6. The molecular formula is C10H13N3O2. The maximum Gasteiger partial charge on any atom is 0.329 e. The van der Waals surface area contributed by atoms with E-state index in [9.17, 15) is 9.59 Å². The number of nitrogens with zero attached hydrogens (tertiary/aromatic N) is 2. The van der Waals surface area contributed by atoms with Gasteiger partial charge in [-0.3, -0.25) is 14.3 Å². The topological polar surface area (TPSA) is 58.1 Å². The van der Waals surface area contributed by atoms with Gasteiger partial charge in [-0.05, 0) is 18.8 Å². The van der Waals surface area contributed by atoms with Crippen molar-refractivity contribution in [3.8, 4) is 0 Å². The summed E-state index contributed by atoms with van der Waals surface area (Å²) in [5, 5.41) is 0. The molecule has 1 N–H and O–H groups in total. The van der Waals surface area contributed by atoms with E-state index < -0.39 is 0 Å². The summed E-state index contributed by atoms with van der Waals surface area (Å²) in [6, 6.07) is 1.53. The van der Waals surface area contributed by atoms with Crippen LogP contribution in [0.25, 0.3) is 0 Å². The number of fused-ring (bicyclic) bond motifs is 4. The third-order valence-corrected chi connectivity index (χ3v) is 3.30. The molecule has 1 aromatic rings. The lowest BCUT2D eigenvalue weighted by molar-refractivity contribution is 0.325. The van der Waals surface area contributed by atoms with Gasteiger partial charge in [0, 0.05) is 25.7 Å². The predicted molar refractivity (Wildman–Crippen MR) is 56.3 cm³/mol. The minimum absolute atomic E-state index is 0.269. The van der Waals surface area contributed by atoms with Crippen LogP contribution in [-0.2, 0) is 6.54 Å². The number of hydrogen-bond acceptors (Lipinski definition) is 3. The monoisotopic (exact) mass is 207 g/mol. The zero-order chi connectivity index (χ0) is 10.4. The molecule has 1 fully saturated rings. The normalized spacial score (nSPS) is 23.7. The fraction of sp³-hybridized carbons (Fsp3) is 0.600. The summed E-state index contributed by atoms with van der Waals surface area (Å²) in [4.78, 5) is 27.3. The van der Waals surface area contributed by atoms with E-state index in [2.05, 4.69) is 9.88 Å². The average Bonchev–Trinajstić information content (AvgIpc) is 2.21. The number of piperidine rings is 1. The largest absolute Gasteiger partial charge is 0.357 e. The first-order valence-corrected chi connectivity index (χ1v) is 5.33. The van der Waals surface area contributed by atoms with Gasteiger partial charge in [-0.1, -0.05) is 0 Å². The Morgan fingerprint density at radius 1 is 1.33 bits per heavy atom. The van der Waals surface area contributed by atoms with Gasteiger partial charge < -0.3 is 4.90 Å². The standard InChI is InChI=1S/C10H13N3O2/c14-8-4-9-12-3-1-2-7(5-12)6-13(9)10(15)11-8/h4,7H,1-3,5-6H2,(H,11,14,15). The second kappa shape index (κ2) is 2.98. The van der Waals surface area contributed by atoms with E-state index in [4.69, 9.17) is 0 Å². The number of aromatic amines is 1. The fourth-order valence-electron chi connectivity index (χ4n) is 2.63. The van der Waals surface area contributed by atoms with Gasteiger partial charge in [0.15, 0.2) is 0 Å². The third kappa shape index (κ3) is 1.30. The van der Waals surface area contributed by atoms with Gasteiger partial charge in [0.1, 0.15) is 5.82 Å². The Morgan fingerprint density at radius 2 is 2.20 bits per heavy atom. The molecule has 0 aliphatic carbocycles. The molecule has 0 radical (unpaired) electrons. The Hall–Kier alpha value is -1.52. The van der Waals surface area contributed by atoms with Crippen LogP contribution in [0, 0.1) is 5.92 Å². The molecule has 3 rings (SSSR count). The van der Waals surface area contributed by atoms with E-state index in [0.29, 0.717) is 5.92 Å². The van der Waals surface area contributed by atoms with E-state index in [1.807, 2.05) is 0 Å². The highest BCUT2D eigenvalue weighted by Gasteiger charge is 2.28. The molecule has 0 spiro atoms. The molecule has 3 heterocycles. The van der Waals surface area contributed by atoms with Crippen molar-refractivity contribution in [1.29, 1.82) is 0 Å². The molecule has 1 atom stereocenters. The lowest BCUT2D eigenvalue weighted by atomic mass is 9.96. The Morgan fingerprint density at radius 3 is 3.07 bits per heavy atom. The van der Waals surface area contributed by atoms with E-state index in [1.54, 1.807) is 4.57 Å². The lowest BCUT2D eigenvalue weighted by Gasteiger charge is -2.40. The van der Waals surface area contributed by atoms with E-state index in [-0.39, 0.29) is 11.2 Å². The second-order valence-electron chi connectivity index (χ2n) is 4.36. The van der Waals surface area contributed by atoms with Gasteiger partial charge in [-0.25, -0.2) is 4.79 Å². The number of rotatable bonds is 0. The van der Waals surface area contributed by atoms with Crippen molar-refractivity contribution in [1.82, 2.24) is 9.55 Å². The van der Waals surface area contributed by atoms with Crippen LogP contribution in [-0.4, -0.2) is 22.6 Å². The van der Waals surface area contributed by atoms with Crippen LogP contribution in [0.1, 0.15) is 12.8 Å². The van der Waals surface area contributed by atoms with Gasteiger partial charge >= 0.3 is 5.69 Å². The van der Waals surface area contributed by atoms with E-state index in [1.165, 1.54) is 12.5 Å². The van der Waals surface area contributed by atoms with Crippen LogP contribution in [0.3, 0.4) is 0 Å². The van der Waals surface area contributed by atoms with Crippen molar-refractivity contribution < 1.29 is 0 Å². The zero-order valence-corrected chi connectivity index (χ0v) is 8.40. The van der Waals surface area contributed by atoms with Crippen molar-refractivity contribution in [2.45, 2.75) is 19.4 Å². The first kappa shape index (κ1) is 8.76. The number of anilines is 1. The fourth-order valence-corrected chi connectivity index (χ4v) is 2.63. The first-order valence-electron chi connectivity index (χ1n) is 5.33. The van der Waals surface area contributed by atoms with Crippen molar-refractivity contribution >= 4 is 5.82 Å². The Bertz CT molecular complexity index is 502. The number of H-pyrrole nitrogens is 1. The zero-order valence-electron chi connectivity index (χ0n) is 8.40. The molecule has 5 nitrogen and oxygen atoms in total. The molecule has 0 saturated carbocycles. The van der Waals surface area contributed by atoms with Crippen LogP contribution in [0.5, 0.6) is 0 Å². The molecular weight excluding hydrogens is 194 g/mol. The van der Waals surface area contributed by atoms with Crippen LogP contribution < -0.4 is 16.1 Å². The van der Waals surface area contributed by atoms with Crippen molar-refractivity contribution in [3.05, 3.63) is 26.9 Å². The number of nitrogens with one attached hydrogen (secondary N) is 1. The van der Waals surface area contributed by atoms with Crippen molar-refractivity contribution in [2.75, 3.05) is 18.0 Å². The van der Waals surface area contributed by atoms with E-state index in [0.717, 1.165) is 31.9 Å². The summed E-state index contributed by atoms with van der Waals surface area (Å²) in [6.45, 7) is 2.70. The highest BCUT2D eigenvalue weighted by atomic mass is 16.2. The van der Waals surface area contributed by atoms with Crippen LogP contribution >= 0.6 is 0 Å². The second-order valence-corrected chi connectivity index (χ2v) is 4.36. The third-order valence-electron chi connectivity index (χ3n) is 3.30. The quantitative estimate of drug-likeness (QED) is 0.639. The molecule has 1 saturated heterocycles. The molecule has 0 aromatic carbocycles. The molecule has 2 bridgehead atoms. The first-order chi connectivity index (χ1) is 7.24. The molecule has 15 heavy (non-hydrogen) atoms. The average molecular weight is 207 g/mol. The smallest absolute Gasteiger partial charge is 0.329 e. The van der Waals surface area contributed by atoms with Gasteiger partial charge in [0.05, 0.1) is 0 Å². The molecule has 80 valence electrons. The molecule has 2 aliphatic heterocycles. The Labute approximate surface area is 86.3 Å². The molecule has 1 aromatic heterocycles. The lowest BCUT2D eigenvalue weighted by Crippen LogP contribution is -2.48. The molecule has 5 heteroatoms. The van der Waals surface area contributed by atoms with Crippen LogP contribution in [0.15, 0.2) is 15.7 Å². The Kier molecular flexibility index (Phi) is 1.74. The van der Waals surface area contributed by atoms with Gasteiger partial charge in [-0.2, -0.15) is 0 Å². The van der Waals surface area contributed by atoms with E-state index >= 15 is 0 Å². The maximum atomic E-state index is 11.6. The summed E-state index contributed by atoms with van der Waals surface area (Å²) in [5.74, 6) is 1.36. The summed E-state index contributed by atoms with van der Waals surface area (Å²) < 4.78 is 1.69. The van der Waals surface area contributed by atoms with Gasteiger partial charge in [-0.15, -0.1) is 0 Å². The van der Waals surface area contributed by atoms with Crippen molar-refractivity contribution in [3.63, 3.8) is 0 Å². The number of hydrogen-bond donors (Lipinski definition) is 1. The summed E-state index contributed by atoms with van der Waals surface area (Å²) in [5.41, 5.74) is -0.565. The summed E-state index contributed by atoms with van der Waals surface area (Å²) in [7, 11) is 0. The molecule has 2 aliphatic rings. The summed E-state index contributed by atoms with van der Waals surface area (Å²) >= 11 is 0. The Balaban J connectivity index is 2.21. The summed E-state index contributed by atoms with van der Waals surface area (Å²) in [6.07, 6.45) is 2.34. The number of aromatic nitrogens is 2. The highest BCUT2D eigenvalue weighted by molar-refractivity contribution is 5.40. The van der Waals surface area contributed by atoms with Crippen LogP contribution in [0.2, 0.25) is 0 Å². The van der Waals surface area contributed by atoms with Gasteiger partial charge in [0.25, 0.3) is 5.56 Å². The predicted octanol–water partition coefficient (Wildman–Crippen LogP) is -0.233. The molecule has 0 amide bonds. The minimum Gasteiger partial charge on any atom is -0.357 e. The minimum atomic E-state index is -0.296. The van der Waals surface area contributed by atoms with Crippen LogP contribution in [0.4, 0.5) is 5.82 Å².